The van der Waals surface area contributed by atoms with Crippen LogP contribution in [0.1, 0.15) is 6.92 Å². The zero-order valence-electron chi connectivity index (χ0n) is 6.98. The van der Waals surface area contributed by atoms with E-state index in [4.69, 9.17) is 5.73 Å². The monoisotopic (exact) mass is 196 g/mol. The summed E-state index contributed by atoms with van der Waals surface area (Å²) >= 11 is 1.52. The molecule has 2 aromatic rings. The van der Waals surface area contributed by atoms with Crippen molar-refractivity contribution >= 4 is 28.7 Å². The second-order valence-corrected chi connectivity index (χ2v) is 3.55. The van der Waals surface area contributed by atoms with Crippen molar-refractivity contribution in [2.24, 2.45) is 0 Å². The summed E-state index contributed by atoms with van der Waals surface area (Å²) < 4.78 is 0. The Morgan fingerprint density at radius 3 is 3.00 bits per heavy atom. The largest absolute Gasteiger partial charge is 0.382 e. The van der Waals surface area contributed by atoms with Crippen LogP contribution in [0.3, 0.4) is 0 Å². The maximum atomic E-state index is 5.64. The van der Waals surface area contributed by atoms with Crippen LogP contribution in [-0.4, -0.2) is 31.1 Å². The van der Waals surface area contributed by atoms with Crippen LogP contribution in [-0.2, 0) is 0 Å². The number of hydrogen-bond acceptors (Lipinski definition) is 6. The fourth-order valence-corrected chi connectivity index (χ4v) is 1.51. The predicted molar refractivity (Wildman–Crippen MR) is 50.3 cm³/mol. The molecule has 0 aromatic carbocycles. The molecule has 0 amide bonds. The summed E-state index contributed by atoms with van der Waals surface area (Å²) in [7, 11) is 0. The van der Waals surface area contributed by atoms with Crippen LogP contribution in [0.15, 0.2) is 5.16 Å². The highest BCUT2D eigenvalue weighted by molar-refractivity contribution is 7.99. The molecule has 0 radical (unpaired) electrons. The van der Waals surface area contributed by atoms with E-state index in [0.29, 0.717) is 22.1 Å². The van der Waals surface area contributed by atoms with Gasteiger partial charge in [-0.3, -0.25) is 0 Å². The van der Waals surface area contributed by atoms with E-state index in [1.54, 1.807) is 0 Å². The van der Waals surface area contributed by atoms with E-state index in [0.717, 1.165) is 5.75 Å². The van der Waals surface area contributed by atoms with Crippen LogP contribution >= 0.6 is 11.8 Å². The molecule has 0 bridgehead atoms. The number of aromatic amines is 1. The lowest BCUT2D eigenvalue weighted by Crippen LogP contribution is -1.96. The molecule has 2 aromatic heterocycles. The summed E-state index contributed by atoms with van der Waals surface area (Å²) in [5.74, 6) is 1.28. The number of anilines is 1. The molecule has 0 aliphatic carbocycles. The van der Waals surface area contributed by atoms with Crippen LogP contribution in [0.4, 0.5) is 5.82 Å². The number of fused-ring (bicyclic) bond motifs is 1. The van der Waals surface area contributed by atoms with Gasteiger partial charge in [0.15, 0.2) is 16.5 Å². The lowest BCUT2D eigenvalue weighted by molar-refractivity contribution is 0.947. The van der Waals surface area contributed by atoms with Crippen molar-refractivity contribution in [3.05, 3.63) is 0 Å². The van der Waals surface area contributed by atoms with Crippen LogP contribution in [0.25, 0.3) is 11.2 Å². The lowest BCUT2D eigenvalue weighted by Gasteiger charge is -1.97. The molecular formula is C6H8N6S. The summed E-state index contributed by atoms with van der Waals surface area (Å²) in [6.45, 7) is 2.03. The van der Waals surface area contributed by atoms with Crippen molar-refractivity contribution in [1.29, 1.82) is 0 Å². The third-order valence-electron chi connectivity index (χ3n) is 1.46. The minimum absolute atomic E-state index is 0.370. The SMILES string of the molecule is CCSc1nc(N)c2n[nH]nc2n1. The Morgan fingerprint density at radius 1 is 1.38 bits per heavy atom. The average Bonchev–Trinajstić information content (AvgIpc) is 2.53. The van der Waals surface area contributed by atoms with Crippen LogP contribution in [0, 0.1) is 0 Å². The maximum Gasteiger partial charge on any atom is 0.207 e. The second kappa shape index (κ2) is 3.17. The number of hydrogen-bond donors (Lipinski definition) is 2. The molecule has 13 heavy (non-hydrogen) atoms. The first kappa shape index (κ1) is 8.24. The van der Waals surface area contributed by atoms with Gasteiger partial charge >= 0.3 is 0 Å². The molecule has 0 atom stereocenters. The minimum Gasteiger partial charge on any atom is -0.382 e. The molecule has 2 heterocycles. The topological polar surface area (TPSA) is 93.4 Å². The summed E-state index contributed by atoms with van der Waals surface area (Å²) in [5, 5.41) is 10.8. The van der Waals surface area contributed by atoms with Gasteiger partial charge in [0.05, 0.1) is 0 Å². The molecule has 0 aliphatic heterocycles. The fraction of sp³-hybridized carbons (Fsp3) is 0.333. The Bertz CT molecular complexity index is 424. The lowest BCUT2D eigenvalue weighted by atomic mass is 10.5. The summed E-state index contributed by atoms with van der Waals surface area (Å²) in [5.41, 5.74) is 6.69. The van der Waals surface area contributed by atoms with Gasteiger partial charge in [-0.15, -0.1) is 5.10 Å². The van der Waals surface area contributed by atoms with Gasteiger partial charge in [-0.2, -0.15) is 15.3 Å². The molecule has 7 heteroatoms. The Labute approximate surface area is 78.3 Å². The second-order valence-electron chi connectivity index (χ2n) is 2.32. The molecule has 0 aliphatic rings. The minimum atomic E-state index is 0.370. The number of nitrogens with zero attached hydrogens (tertiary/aromatic N) is 4. The molecule has 68 valence electrons. The van der Waals surface area contributed by atoms with E-state index in [9.17, 15) is 0 Å². The summed E-state index contributed by atoms with van der Waals surface area (Å²) in [4.78, 5) is 8.22. The fourth-order valence-electron chi connectivity index (χ4n) is 0.940. The van der Waals surface area contributed by atoms with Gasteiger partial charge in [0, 0.05) is 0 Å². The van der Waals surface area contributed by atoms with Gasteiger partial charge in [-0.05, 0) is 5.75 Å². The number of H-pyrrole nitrogens is 1. The van der Waals surface area contributed by atoms with Crippen molar-refractivity contribution in [2.45, 2.75) is 12.1 Å². The molecule has 0 saturated heterocycles. The van der Waals surface area contributed by atoms with E-state index >= 15 is 0 Å². The number of rotatable bonds is 2. The summed E-state index contributed by atoms with van der Waals surface area (Å²) in [6.07, 6.45) is 0. The molecule has 0 saturated carbocycles. The first-order valence-electron chi connectivity index (χ1n) is 3.78. The number of aromatic nitrogens is 5. The Kier molecular flexibility index (Phi) is 2.01. The molecule has 0 spiro atoms. The van der Waals surface area contributed by atoms with Crippen LogP contribution < -0.4 is 5.73 Å². The zero-order valence-corrected chi connectivity index (χ0v) is 7.80. The Hall–Kier alpha value is -1.37. The highest BCUT2D eigenvalue weighted by Gasteiger charge is 2.07. The van der Waals surface area contributed by atoms with Crippen molar-refractivity contribution in [1.82, 2.24) is 25.4 Å². The van der Waals surface area contributed by atoms with E-state index in [1.165, 1.54) is 11.8 Å². The molecule has 3 N–H and O–H groups in total. The van der Waals surface area contributed by atoms with Crippen molar-refractivity contribution in [3.8, 4) is 0 Å². The normalized spacial score (nSPS) is 10.8. The highest BCUT2D eigenvalue weighted by atomic mass is 32.2. The number of nitrogens with two attached hydrogens (primary N) is 1. The molecule has 0 fully saturated rings. The molecule has 0 unspecified atom stereocenters. The third kappa shape index (κ3) is 1.42. The first-order valence-corrected chi connectivity index (χ1v) is 4.76. The van der Waals surface area contributed by atoms with Crippen LogP contribution in [0.5, 0.6) is 0 Å². The first-order chi connectivity index (χ1) is 6.31. The number of nitrogen functional groups attached to an aromatic ring is 1. The number of thioether (sulfide) groups is 1. The molecular weight excluding hydrogens is 188 g/mol. The maximum absolute atomic E-state index is 5.64. The Morgan fingerprint density at radius 2 is 2.23 bits per heavy atom. The number of nitrogens with one attached hydrogen (secondary N) is 1. The quantitative estimate of drug-likeness (QED) is 0.534. The standard InChI is InChI=1S/C6H8N6S/c1-2-13-6-8-4(7)3-5(9-6)11-12-10-3/h2H2,1H3,(H3,7,8,9,10,11,12). The van der Waals surface area contributed by atoms with Crippen molar-refractivity contribution in [3.63, 3.8) is 0 Å². The van der Waals surface area contributed by atoms with Crippen molar-refractivity contribution in [2.75, 3.05) is 11.5 Å². The molecule has 2 rings (SSSR count). The van der Waals surface area contributed by atoms with Crippen LogP contribution in [0.2, 0.25) is 0 Å². The van der Waals surface area contributed by atoms with E-state index in [2.05, 4.69) is 25.4 Å². The predicted octanol–water partition coefficient (Wildman–Crippen LogP) is 0.442. The smallest absolute Gasteiger partial charge is 0.207 e. The Balaban J connectivity index is 2.56. The third-order valence-corrected chi connectivity index (χ3v) is 2.19. The van der Waals surface area contributed by atoms with E-state index < -0.39 is 0 Å². The molecule has 6 nitrogen and oxygen atoms in total. The zero-order chi connectivity index (χ0) is 9.26. The van der Waals surface area contributed by atoms with Gasteiger partial charge in [0.1, 0.15) is 0 Å². The van der Waals surface area contributed by atoms with Crippen molar-refractivity contribution < 1.29 is 0 Å². The van der Waals surface area contributed by atoms with Gasteiger partial charge < -0.3 is 5.73 Å². The van der Waals surface area contributed by atoms with E-state index in [1.807, 2.05) is 6.92 Å². The van der Waals surface area contributed by atoms with Gasteiger partial charge in [-0.25, -0.2) is 4.98 Å². The average molecular weight is 196 g/mol. The van der Waals surface area contributed by atoms with Gasteiger partial charge in [0.25, 0.3) is 0 Å². The van der Waals surface area contributed by atoms with Gasteiger partial charge in [0.2, 0.25) is 5.65 Å². The van der Waals surface area contributed by atoms with E-state index in [-0.39, 0.29) is 0 Å². The summed E-state index contributed by atoms with van der Waals surface area (Å²) in [6, 6.07) is 0. The highest BCUT2D eigenvalue weighted by Crippen LogP contribution is 2.18. The van der Waals surface area contributed by atoms with Gasteiger partial charge in [-0.1, -0.05) is 18.7 Å².